The number of primary sulfonamides is 1. The molecule has 1 aromatic carbocycles. The Balaban J connectivity index is 2.31. The molecule has 8 heteroatoms. The van der Waals surface area contributed by atoms with Crippen molar-refractivity contribution in [2.45, 2.75) is 4.90 Å². The molecule has 2 aromatic rings. The van der Waals surface area contributed by atoms with E-state index in [1.165, 1.54) is 12.3 Å². The smallest absolute Gasteiger partial charge is 0.274 e. The number of carbonyl (C=O) groups excluding carboxylic acids is 1. The second-order valence-corrected chi connectivity index (χ2v) is 5.45. The molecule has 104 valence electrons. The molecule has 0 atom stereocenters. The maximum atomic E-state index is 13.3. The van der Waals surface area contributed by atoms with Crippen molar-refractivity contribution >= 4 is 21.6 Å². The summed E-state index contributed by atoms with van der Waals surface area (Å²) in [7, 11) is -4.06. The highest BCUT2D eigenvalue weighted by Crippen LogP contribution is 2.17. The van der Waals surface area contributed by atoms with Crippen LogP contribution in [0.15, 0.2) is 47.5 Å². The van der Waals surface area contributed by atoms with Gasteiger partial charge in [0, 0.05) is 11.9 Å². The first-order valence-corrected chi connectivity index (χ1v) is 6.97. The second-order valence-electron chi connectivity index (χ2n) is 3.89. The first kappa shape index (κ1) is 14.1. The normalized spacial score (nSPS) is 11.1. The zero-order valence-electron chi connectivity index (χ0n) is 10.1. The van der Waals surface area contributed by atoms with Gasteiger partial charge >= 0.3 is 0 Å². The average Bonchev–Trinajstić information content (AvgIpc) is 2.38. The fourth-order valence-corrected chi connectivity index (χ4v) is 2.06. The lowest BCUT2D eigenvalue weighted by molar-refractivity contribution is 0.102. The lowest BCUT2D eigenvalue weighted by Crippen LogP contribution is -2.16. The molecule has 2 rings (SSSR count). The number of amides is 1. The van der Waals surface area contributed by atoms with Crippen LogP contribution >= 0.6 is 0 Å². The van der Waals surface area contributed by atoms with Crippen LogP contribution in [0, 0.1) is 5.82 Å². The highest BCUT2D eigenvalue weighted by molar-refractivity contribution is 7.89. The van der Waals surface area contributed by atoms with Crippen LogP contribution in [0.3, 0.4) is 0 Å². The highest BCUT2D eigenvalue weighted by atomic mass is 32.2. The maximum Gasteiger partial charge on any atom is 0.274 e. The molecule has 0 radical (unpaired) electrons. The number of pyridine rings is 1. The van der Waals surface area contributed by atoms with Crippen molar-refractivity contribution < 1.29 is 17.6 Å². The molecule has 20 heavy (non-hydrogen) atoms. The third-order valence-corrected chi connectivity index (χ3v) is 3.25. The van der Waals surface area contributed by atoms with Crippen LogP contribution in [-0.2, 0) is 10.0 Å². The highest BCUT2D eigenvalue weighted by Gasteiger charge is 2.13. The topological polar surface area (TPSA) is 102 Å². The van der Waals surface area contributed by atoms with Gasteiger partial charge in [-0.15, -0.1) is 0 Å². The van der Waals surface area contributed by atoms with Gasteiger partial charge < -0.3 is 5.32 Å². The first-order chi connectivity index (χ1) is 9.36. The summed E-state index contributed by atoms with van der Waals surface area (Å²) in [6, 6.07) is 7.54. The number of rotatable bonds is 3. The first-order valence-electron chi connectivity index (χ1n) is 5.42. The van der Waals surface area contributed by atoms with Crippen molar-refractivity contribution in [1.29, 1.82) is 0 Å². The van der Waals surface area contributed by atoms with Crippen LogP contribution in [0.5, 0.6) is 0 Å². The molecule has 0 aliphatic heterocycles. The molecular weight excluding hydrogens is 285 g/mol. The number of halogens is 1. The van der Waals surface area contributed by atoms with Gasteiger partial charge in [0.15, 0.2) is 0 Å². The van der Waals surface area contributed by atoms with Crippen LogP contribution in [0.25, 0.3) is 0 Å². The van der Waals surface area contributed by atoms with E-state index in [1.54, 1.807) is 12.1 Å². The van der Waals surface area contributed by atoms with Crippen molar-refractivity contribution in [2.24, 2.45) is 5.14 Å². The minimum Gasteiger partial charge on any atom is -0.321 e. The molecule has 1 amide bonds. The van der Waals surface area contributed by atoms with Crippen LogP contribution in [-0.4, -0.2) is 19.3 Å². The van der Waals surface area contributed by atoms with Crippen LogP contribution in [0.1, 0.15) is 10.5 Å². The summed E-state index contributed by atoms with van der Waals surface area (Å²) in [6.45, 7) is 0. The summed E-state index contributed by atoms with van der Waals surface area (Å²) in [5.74, 6) is -1.41. The molecule has 3 N–H and O–H groups in total. The van der Waals surface area contributed by atoms with Crippen LogP contribution in [0.4, 0.5) is 10.1 Å². The molecule has 0 bridgehead atoms. The minimum absolute atomic E-state index is 0.0234. The number of hydrogen-bond donors (Lipinski definition) is 2. The van der Waals surface area contributed by atoms with E-state index in [4.69, 9.17) is 5.14 Å². The Labute approximate surface area is 114 Å². The minimum atomic E-state index is -4.06. The van der Waals surface area contributed by atoms with Crippen molar-refractivity contribution in [1.82, 2.24) is 4.98 Å². The van der Waals surface area contributed by atoms with Crippen molar-refractivity contribution in [3.8, 4) is 0 Å². The number of nitrogens with two attached hydrogens (primary N) is 1. The van der Waals surface area contributed by atoms with E-state index in [2.05, 4.69) is 10.3 Å². The van der Waals surface area contributed by atoms with Gasteiger partial charge in [-0.1, -0.05) is 6.07 Å². The summed E-state index contributed by atoms with van der Waals surface area (Å²) >= 11 is 0. The number of aromatic nitrogens is 1. The zero-order valence-corrected chi connectivity index (χ0v) is 10.9. The molecule has 6 nitrogen and oxygen atoms in total. The van der Waals surface area contributed by atoms with Crippen molar-refractivity contribution in [3.05, 3.63) is 54.1 Å². The predicted octanol–water partition coefficient (Wildman–Crippen LogP) is 1.12. The largest absolute Gasteiger partial charge is 0.321 e. The van der Waals surface area contributed by atoms with Crippen LogP contribution < -0.4 is 10.5 Å². The summed E-state index contributed by atoms with van der Waals surface area (Å²) in [6.07, 6.45) is 1.43. The number of nitrogens with zero attached hydrogens (tertiary/aromatic N) is 1. The fourth-order valence-electron chi connectivity index (χ4n) is 1.49. The van der Waals surface area contributed by atoms with Gasteiger partial charge in [0.1, 0.15) is 11.5 Å². The predicted molar refractivity (Wildman–Crippen MR) is 70.0 cm³/mol. The maximum absolute atomic E-state index is 13.3. The molecule has 0 aliphatic carbocycles. The van der Waals surface area contributed by atoms with Gasteiger partial charge in [-0.25, -0.2) is 17.9 Å². The third kappa shape index (κ3) is 3.37. The van der Waals surface area contributed by atoms with E-state index in [-0.39, 0.29) is 11.4 Å². The summed E-state index contributed by atoms with van der Waals surface area (Å²) in [5.41, 5.74) is 0.0959. The lowest BCUT2D eigenvalue weighted by Gasteiger charge is -2.06. The SMILES string of the molecule is NS(=O)(=O)c1cc(F)cc(NC(=O)c2ccccn2)c1. The molecule has 1 aromatic heterocycles. The van der Waals surface area contributed by atoms with Gasteiger partial charge in [-0.3, -0.25) is 9.78 Å². The van der Waals surface area contributed by atoms with E-state index < -0.39 is 26.6 Å². The lowest BCUT2D eigenvalue weighted by atomic mass is 10.3. The van der Waals surface area contributed by atoms with E-state index in [0.717, 1.165) is 18.2 Å². The zero-order chi connectivity index (χ0) is 14.8. The number of carbonyl (C=O) groups is 1. The standard InChI is InChI=1S/C12H10FN3O3S/c13-8-5-9(7-10(6-8)20(14,18)19)16-12(17)11-3-1-2-4-15-11/h1-7H,(H,16,17)(H2,14,18,19). The molecule has 0 saturated heterocycles. The number of anilines is 1. The summed E-state index contributed by atoms with van der Waals surface area (Å²) in [5, 5.41) is 7.27. The number of nitrogens with one attached hydrogen (secondary N) is 1. The number of hydrogen-bond acceptors (Lipinski definition) is 4. The Morgan fingerprint density at radius 2 is 2.00 bits per heavy atom. The van der Waals surface area contributed by atoms with Gasteiger partial charge in [0.2, 0.25) is 10.0 Å². The molecule has 0 spiro atoms. The number of benzene rings is 1. The quantitative estimate of drug-likeness (QED) is 0.885. The van der Waals surface area contributed by atoms with E-state index in [9.17, 15) is 17.6 Å². The summed E-state index contributed by atoms with van der Waals surface area (Å²) in [4.78, 5) is 15.2. The van der Waals surface area contributed by atoms with Crippen LogP contribution in [0.2, 0.25) is 0 Å². The van der Waals surface area contributed by atoms with Gasteiger partial charge in [0.05, 0.1) is 4.90 Å². The Bertz CT molecular complexity index is 748. The summed E-state index contributed by atoms with van der Waals surface area (Å²) < 4.78 is 35.7. The third-order valence-electron chi connectivity index (χ3n) is 2.36. The Morgan fingerprint density at radius 1 is 1.25 bits per heavy atom. The molecule has 1 heterocycles. The number of sulfonamides is 1. The monoisotopic (exact) mass is 295 g/mol. The Morgan fingerprint density at radius 3 is 2.60 bits per heavy atom. The van der Waals surface area contributed by atoms with E-state index in [1.807, 2.05) is 0 Å². The molecule has 0 unspecified atom stereocenters. The Hall–Kier alpha value is -2.32. The molecule has 0 saturated carbocycles. The van der Waals surface area contributed by atoms with E-state index >= 15 is 0 Å². The average molecular weight is 295 g/mol. The molecule has 0 fully saturated rings. The van der Waals surface area contributed by atoms with Gasteiger partial charge in [-0.2, -0.15) is 0 Å². The second kappa shape index (κ2) is 5.35. The molecule has 0 aliphatic rings. The van der Waals surface area contributed by atoms with E-state index in [0.29, 0.717) is 0 Å². The van der Waals surface area contributed by atoms with Gasteiger partial charge in [0.25, 0.3) is 5.91 Å². The van der Waals surface area contributed by atoms with Crippen molar-refractivity contribution in [3.63, 3.8) is 0 Å². The Kier molecular flexibility index (Phi) is 3.77. The van der Waals surface area contributed by atoms with Crippen molar-refractivity contribution in [2.75, 3.05) is 5.32 Å². The molecular formula is C12H10FN3O3S. The fraction of sp³-hybridized carbons (Fsp3) is 0. The van der Waals surface area contributed by atoms with Gasteiger partial charge in [-0.05, 0) is 30.3 Å².